The molecule has 2 unspecified atom stereocenters. The Labute approximate surface area is 196 Å². The molecule has 166 valence electrons. The smallest absolute Gasteiger partial charge is 0.221 e. The van der Waals surface area contributed by atoms with Gasteiger partial charge in [0.05, 0.1) is 5.69 Å². The third kappa shape index (κ3) is 3.70. The normalized spacial score (nSPS) is 19.2. The van der Waals surface area contributed by atoms with Gasteiger partial charge in [-0.1, -0.05) is 36.4 Å². The van der Waals surface area contributed by atoms with Crippen molar-refractivity contribution in [2.45, 2.75) is 31.5 Å². The first-order valence-electron chi connectivity index (χ1n) is 10.0. The van der Waals surface area contributed by atoms with Crippen LogP contribution < -0.4 is 5.32 Å². The van der Waals surface area contributed by atoms with Crippen LogP contribution in [0.15, 0.2) is 42.5 Å². The monoisotopic (exact) mass is 479 g/mol. The molecule has 0 aliphatic carbocycles. The molecule has 2 atom stereocenters. The van der Waals surface area contributed by atoms with Gasteiger partial charge in [-0.2, -0.15) is 8.42 Å². The summed E-state index contributed by atoms with van der Waals surface area (Å²) < 4.78 is 26.5. The lowest BCUT2D eigenvalue weighted by molar-refractivity contribution is 0.403. The predicted molar refractivity (Wildman–Crippen MR) is 132 cm³/mol. The summed E-state index contributed by atoms with van der Waals surface area (Å²) in [6.45, 7) is 0.828. The average molecular weight is 480 g/mol. The zero-order chi connectivity index (χ0) is 20.3. The third-order valence-corrected chi connectivity index (χ3v) is 7.10. The van der Waals surface area contributed by atoms with Crippen LogP contribution in [0.2, 0.25) is 0 Å². The van der Waals surface area contributed by atoms with Gasteiger partial charge < -0.3 is 14.8 Å². The Morgan fingerprint density at radius 2 is 1.71 bits per heavy atom. The molecular weight excluding hydrogens is 453 g/mol. The van der Waals surface area contributed by atoms with Crippen molar-refractivity contribution in [3.63, 3.8) is 0 Å². The maximum Gasteiger partial charge on any atom is 0.221 e. The van der Waals surface area contributed by atoms with E-state index < -0.39 is 10.3 Å². The first-order chi connectivity index (χ1) is 14.0. The van der Waals surface area contributed by atoms with Gasteiger partial charge in [0.15, 0.2) is 0 Å². The van der Waals surface area contributed by atoms with Crippen molar-refractivity contribution in [2.75, 3.05) is 14.1 Å². The number of hydrogen-bond donors (Lipinski definition) is 1. The van der Waals surface area contributed by atoms with E-state index in [1.165, 1.54) is 22.1 Å². The van der Waals surface area contributed by atoms with Crippen LogP contribution in [0.1, 0.15) is 35.7 Å². The summed E-state index contributed by atoms with van der Waals surface area (Å²) in [6.07, 6.45) is 1.83. The van der Waals surface area contributed by atoms with Crippen LogP contribution in [0.5, 0.6) is 0 Å². The van der Waals surface area contributed by atoms with E-state index in [0.717, 1.165) is 36.2 Å². The number of nitrogens with one attached hydrogen (secondary N) is 1. The van der Waals surface area contributed by atoms with E-state index in [2.05, 4.69) is 65.3 Å². The third-order valence-electron chi connectivity index (χ3n) is 6.26. The Morgan fingerprint density at radius 3 is 2.35 bits per heavy atom. The summed E-state index contributed by atoms with van der Waals surface area (Å²) in [7, 11) is 3.91. The highest BCUT2D eigenvalue weighted by atomic mass is 35.5. The quantitative estimate of drug-likeness (QED) is 0.577. The van der Waals surface area contributed by atoms with Crippen molar-refractivity contribution in [3.8, 4) is 11.1 Å². The van der Waals surface area contributed by atoms with Gasteiger partial charge in [0.2, 0.25) is 10.3 Å². The number of hydrogen-bond acceptors (Lipinski definition) is 4. The Bertz CT molecular complexity index is 1260. The van der Waals surface area contributed by atoms with Crippen LogP contribution in [0.25, 0.3) is 22.0 Å². The van der Waals surface area contributed by atoms with Gasteiger partial charge in [-0.05, 0) is 49.7 Å². The molecular formula is C23H27Cl2N3O2S. The van der Waals surface area contributed by atoms with E-state index in [1.54, 1.807) is 0 Å². The maximum absolute atomic E-state index is 12.2. The highest BCUT2D eigenvalue weighted by molar-refractivity contribution is 7.73. The van der Waals surface area contributed by atoms with E-state index in [0.29, 0.717) is 4.86 Å². The highest BCUT2D eigenvalue weighted by Gasteiger charge is 2.41. The minimum atomic E-state index is -2.24. The van der Waals surface area contributed by atoms with Gasteiger partial charge >= 0.3 is 0 Å². The number of aryl methyl sites for hydroxylation is 1. The summed E-state index contributed by atoms with van der Waals surface area (Å²) in [4.78, 5) is 2.69. The molecule has 3 heterocycles. The lowest BCUT2D eigenvalue weighted by atomic mass is 9.90. The molecule has 0 spiro atoms. The standard InChI is InChI=1S/C23H25N3O2S.2ClH/c1-25(2)13-15-9-12-18-21(19(15)14-7-5-4-6-8-14)20-16-10-11-17(24-16)23(29(27)28)22(20)26(18)3;;/h4-9,12,16-17,24H,10-11,13H2,1-3H3;2*1H. The first kappa shape index (κ1) is 23.8. The number of rotatable bonds is 3. The SMILES string of the molecule is CN(C)Cc1ccc2c(c1-c1ccccc1)c1c(n2C)C(=S(=O)=O)C2CCC1N2.Cl.Cl. The van der Waals surface area contributed by atoms with E-state index in [4.69, 9.17) is 0 Å². The zero-order valence-corrected chi connectivity index (χ0v) is 20.2. The van der Waals surface area contributed by atoms with Crippen LogP contribution in [-0.4, -0.2) is 42.9 Å². The number of aromatic nitrogens is 1. The largest absolute Gasteiger partial charge is 0.343 e. The molecule has 5 nitrogen and oxygen atoms in total. The molecule has 0 saturated carbocycles. The molecule has 3 aromatic rings. The van der Waals surface area contributed by atoms with Gasteiger partial charge in [0.1, 0.15) is 4.86 Å². The van der Waals surface area contributed by atoms with Crippen molar-refractivity contribution in [1.29, 1.82) is 0 Å². The van der Waals surface area contributed by atoms with Crippen LogP contribution in [0, 0.1) is 0 Å². The minimum absolute atomic E-state index is 0. The number of nitrogens with zero attached hydrogens (tertiary/aromatic N) is 2. The second kappa shape index (κ2) is 8.96. The molecule has 2 aromatic carbocycles. The van der Waals surface area contributed by atoms with Crippen LogP contribution in [0.4, 0.5) is 0 Å². The fourth-order valence-corrected chi connectivity index (χ4v) is 6.01. The molecule has 2 bridgehead atoms. The Morgan fingerprint density at radius 1 is 1.03 bits per heavy atom. The first-order valence-corrected chi connectivity index (χ1v) is 11.1. The molecule has 31 heavy (non-hydrogen) atoms. The summed E-state index contributed by atoms with van der Waals surface area (Å²) in [6, 6.07) is 14.9. The molecule has 1 saturated heterocycles. The van der Waals surface area contributed by atoms with Gasteiger partial charge in [-0.25, -0.2) is 0 Å². The lowest BCUT2D eigenvalue weighted by Gasteiger charge is -2.24. The highest BCUT2D eigenvalue weighted by Crippen LogP contribution is 2.45. The van der Waals surface area contributed by atoms with Crippen molar-refractivity contribution >= 4 is 50.9 Å². The van der Waals surface area contributed by atoms with Crippen molar-refractivity contribution < 1.29 is 8.42 Å². The van der Waals surface area contributed by atoms with Crippen LogP contribution in [-0.2, 0) is 23.9 Å². The van der Waals surface area contributed by atoms with Gasteiger partial charge in [0, 0.05) is 42.1 Å². The molecule has 2 aliphatic rings. The Balaban J connectivity index is 0.00000136. The molecule has 8 heteroatoms. The number of benzene rings is 2. The van der Waals surface area contributed by atoms with Gasteiger partial charge in [-0.3, -0.25) is 0 Å². The average Bonchev–Trinajstić information content (AvgIpc) is 3.22. The fourth-order valence-electron chi connectivity index (χ4n) is 5.19. The van der Waals surface area contributed by atoms with Crippen molar-refractivity contribution in [3.05, 3.63) is 59.3 Å². The summed E-state index contributed by atoms with van der Waals surface area (Å²) in [5.41, 5.74) is 6.78. The predicted octanol–water partition coefficient (Wildman–Crippen LogP) is 3.96. The second-order valence-electron chi connectivity index (χ2n) is 8.37. The van der Waals surface area contributed by atoms with E-state index in [9.17, 15) is 8.42 Å². The fraction of sp³-hybridized carbons (Fsp3) is 0.348. The minimum Gasteiger partial charge on any atom is -0.343 e. The van der Waals surface area contributed by atoms with Crippen LogP contribution in [0.3, 0.4) is 0 Å². The summed E-state index contributed by atoms with van der Waals surface area (Å²) >= 11 is 0. The van der Waals surface area contributed by atoms with E-state index >= 15 is 0 Å². The lowest BCUT2D eigenvalue weighted by Crippen LogP contribution is -2.39. The molecule has 5 rings (SSSR count). The molecule has 0 radical (unpaired) electrons. The molecule has 0 amide bonds. The van der Waals surface area contributed by atoms with Gasteiger partial charge in [-0.15, -0.1) is 24.8 Å². The van der Waals surface area contributed by atoms with Gasteiger partial charge in [0.25, 0.3) is 0 Å². The topological polar surface area (TPSA) is 54.3 Å². The second-order valence-corrected chi connectivity index (χ2v) is 9.28. The molecule has 1 N–H and O–H groups in total. The maximum atomic E-state index is 12.2. The molecule has 2 aliphatic heterocycles. The van der Waals surface area contributed by atoms with Crippen LogP contribution >= 0.6 is 24.8 Å². The Hall–Kier alpha value is -1.83. The van der Waals surface area contributed by atoms with E-state index in [1.807, 2.05) is 13.1 Å². The summed E-state index contributed by atoms with van der Waals surface area (Å²) in [5.74, 6) is 0. The van der Waals surface area contributed by atoms with Crippen molar-refractivity contribution in [2.24, 2.45) is 7.05 Å². The number of fused-ring (bicyclic) bond motifs is 6. The number of halogens is 2. The van der Waals surface area contributed by atoms with E-state index in [-0.39, 0.29) is 36.9 Å². The molecule has 1 aromatic heterocycles. The summed E-state index contributed by atoms with van der Waals surface area (Å²) in [5, 5.41) is 4.76. The Kier molecular flexibility index (Phi) is 6.89. The zero-order valence-electron chi connectivity index (χ0n) is 17.8. The van der Waals surface area contributed by atoms with Crippen molar-refractivity contribution in [1.82, 2.24) is 14.8 Å². The molecule has 1 fully saturated rings.